The lowest BCUT2D eigenvalue weighted by Gasteiger charge is -2.17. The van der Waals surface area contributed by atoms with Crippen LogP contribution in [0.25, 0.3) is 0 Å². The Balaban J connectivity index is 4.11. The van der Waals surface area contributed by atoms with Crippen molar-refractivity contribution < 1.29 is 28.6 Å². The van der Waals surface area contributed by atoms with Gasteiger partial charge in [-0.1, -0.05) is 0 Å². The minimum Gasteiger partial charge on any atom is -0.457 e. The summed E-state index contributed by atoms with van der Waals surface area (Å²) >= 11 is 0. The van der Waals surface area contributed by atoms with Crippen molar-refractivity contribution in [3.05, 3.63) is 12.2 Å². The molecule has 1 radical (unpaired) electrons. The first kappa shape index (κ1) is 15.2. The summed E-state index contributed by atoms with van der Waals surface area (Å²) < 4.78 is 13.7. The number of esters is 2. The van der Waals surface area contributed by atoms with Crippen LogP contribution in [0.1, 0.15) is 27.7 Å². The molecule has 1 atom stereocenters. The Morgan fingerprint density at radius 3 is 2.18 bits per heavy atom. The standard InChI is InChI=1S/C11H15O6/c1-8(15-7-12)16-9(13)5-6-10(14)17-11(2,3)4/h5-6,8H,1-4H3/b6-5+. The van der Waals surface area contributed by atoms with Crippen LogP contribution in [0.2, 0.25) is 0 Å². The van der Waals surface area contributed by atoms with Crippen molar-refractivity contribution in [3.63, 3.8) is 0 Å². The molecule has 0 spiro atoms. The summed E-state index contributed by atoms with van der Waals surface area (Å²) in [5.74, 6) is -1.48. The van der Waals surface area contributed by atoms with E-state index in [-0.39, 0.29) is 0 Å². The van der Waals surface area contributed by atoms with E-state index in [0.717, 1.165) is 18.6 Å². The molecule has 0 aliphatic carbocycles. The number of hydrogen-bond donors (Lipinski definition) is 0. The van der Waals surface area contributed by atoms with E-state index < -0.39 is 23.8 Å². The molecular weight excluding hydrogens is 228 g/mol. The molecule has 0 aliphatic heterocycles. The van der Waals surface area contributed by atoms with Crippen LogP contribution in [0.5, 0.6) is 0 Å². The van der Waals surface area contributed by atoms with Crippen LogP contribution in [0.3, 0.4) is 0 Å². The van der Waals surface area contributed by atoms with Crippen LogP contribution < -0.4 is 0 Å². The maximum atomic E-state index is 11.2. The summed E-state index contributed by atoms with van der Waals surface area (Å²) in [6.07, 6.45) is 0.771. The number of rotatable bonds is 5. The summed E-state index contributed by atoms with van der Waals surface area (Å²) in [4.78, 5) is 32.0. The van der Waals surface area contributed by atoms with Gasteiger partial charge in [0.05, 0.1) is 0 Å². The normalized spacial score (nSPS) is 12.9. The zero-order valence-corrected chi connectivity index (χ0v) is 10.2. The first-order valence-electron chi connectivity index (χ1n) is 4.89. The Labute approximate surface area is 99.5 Å². The van der Waals surface area contributed by atoms with Gasteiger partial charge in [0, 0.05) is 19.1 Å². The second kappa shape index (κ2) is 6.67. The Hall–Kier alpha value is -1.85. The fourth-order valence-electron chi connectivity index (χ4n) is 0.767. The van der Waals surface area contributed by atoms with Gasteiger partial charge in [0.15, 0.2) is 0 Å². The van der Waals surface area contributed by atoms with Crippen molar-refractivity contribution in [3.8, 4) is 0 Å². The maximum absolute atomic E-state index is 11.2. The molecule has 0 heterocycles. The Morgan fingerprint density at radius 1 is 1.18 bits per heavy atom. The van der Waals surface area contributed by atoms with Gasteiger partial charge in [-0.25, -0.2) is 14.4 Å². The fraction of sp³-hybridized carbons (Fsp3) is 0.545. The molecule has 0 bridgehead atoms. The van der Waals surface area contributed by atoms with E-state index in [1.54, 1.807) is 20.8 Å². The van der Waals surface area contributed by atoms with Crippen LogP contribution in [-0.2, 0) is 28.6 Å². The van der Waals surface area contributed by atoms with Gasteiger partial charge in [-0.05, 0) is 20.8 Å². The molecule has 17 heavy (non-hydrogen) atoms. The van der Waals surface area contributed by atoms with E-state index in [1.807, 2.05) is 0 Å². The van der Waals surface area contributed by atoms with E-state index >= 15 is 0 Å². The number of hydrogen-bond acceptors (Lipinski definition) is 6. The van der Waals surface area contributed by atoms with Gasteiger partial charge < -0.3 is 14.2 Å². The van der Waals surface area contributed by atoms with E-state index in [1.165, 1.54) is 6.92 Å². The van der Waals surface area contributed by atoms with E-state index in [9.17, 15) is 14.4 Å². The number of carbonyl (C=O) groups excluding carboxylic acids is 3. The highest BCUT2D eigenvalue weighted by Gasteiger charge is 2.14. The zero-order chi connectivity index (χ0) is 13.5. The monoisotopic (exact) mass is 243 g/mol. The molecule has 0 N–H and O–H groups in total. The number of carbonyl (C=O) groups is 2. The fourth-order valence-corrected chi connectivity index (χ4v) is 0.767. The average Bonchev–Trinajstić information content (AvgIpc) is 2.12. The summed E-state index contributed by atoms with van der Waals surface area (Å²) in [6.45, 7) is 7.57. The first-order chi connectivity index (χ1) is 7.74. The van der Waals surface area contributed by atoms with Crippen LogP contribution in [0, 0.1) is 0 Å². The van der Waals surface area contributed by atoms with Crippen molar-refractivity contribution in [1.82, 2.24) is 0 Å². The summed E-state index contributed by atoms with van der Waals surface area (Å²) in [5.41, 5.74) is -0.631. The highest BCUT2D eigenvalue weighted by Crippen LogP contribution is 2.07. The highest BCUT2D eigenvalue weighted by molar-refractivity contribution is 5.91. The molecule has 0 aromatic carbocycles. The molecular formula is C11H15O6. The minimum atomic E-state index is -1.05. The Kier molecular flexibility index (Phi) is 5.95. The van der Waals surface area contributed by atoms with Gasteiger partial charge in [0.2, 0.25) is 6.29 Å². The third-order valence-corrected chi connectivity index (χ3v) is 1.26. The van der Waals surface area contributed by atoms with Gasteiger partial charge in [0.25, 0.3) is 0 Å². The number of ether oxygens (including phenoxy) is 3. The third kappa shape index (κ3) is 9.10. The van der Waals surface area contributed by atoms with Gasteiger partial charge in [-0.2, -0.15) is 0 Å². The molecule has 0 aromatic heterocycles. The molecule has 0 fully saturated rings. The van der Waals surface area contributed by atoms with Crippen LogP contribution in [-0.4, -0.2) is 30.3 Å². The molecule has 95 valence electrons. The van der Waals surface area contributed by atoms with Crippen molar-refractivity contribution in [2.24, 2.45) is 0 Å². The lowest BCUT2D eigenvalue weighted by Crippen LogP contribution is -2.23. The minimum absolute atomic E-state index is 0.631. The summed E-state index contributed by atoms with van der Waals surface area (Å²) in [5, 5.41) is 0. The summed E-state index contributed by atoms with van der Waals surface area (Å²) in [7, 11) is 0. The van der Waals surface area contributed by atoms with Crippen LogP contribution in [0.15, 0.2) is 12.2 Å². The van der Waals surface area contributed by atoms with Crippen molar-refractivity contribution in [1.29, 1.82) is 0 Å². The van der Waals surface area contributed by atoms with Gasteiger partial charge in [0.1, 0.15) is 5.60 Å². The molecule has 6 heteroatoms. The average molecular weight is 243 g/mol. The third-order valence-electron chi connectivity index (χ3n) is 1.26. The first-order valence-corrected chi connectivity index (χ1v) is 4.89. The predicted molar refractivity (Wildman–Crippen MR) is 57.3 cm³/mol. The highest BCUT2D eigenvalue weighted by atomic mass is 16.7. The quantitative estimate of drug-likeness (QED) is 0.405. The molecule has 0 aromatic rings. The molecule has 1 unspecified atom stereocenters. The van der Waals surface area contributed by atoms with Gasteiger partial charge in [-0.15, -0.1) is 0 Å². The van der Waals surface area contributed by atoms with E-state index in [4.69, 9.17) is 4.74 Å². The summed E-state index contributed by atoms with van der Waals surface area (Å²) in [6, 6.07) is 0. The Morgan fingerprint density at radius 2 is 1.71 bits per heavy atom. The molecule has 0 amide bonds. The maximum Gasteiger partial charge on any atom is 0.420 e. The van der Waals surface area contributed by atoms with E-state index in [0.29, 0.717) is 0 Å². The second-order valence-corrected chi connectivity index (χ2v) is 4.07. The smallest absolute Gasteiger partial charge is 0.420 e. The lowest BCUT2D eigenvalue weighted by molar-refractivity contribution is -0.157. The largest absolute Gasteiger partial charge is 0.457 e. The van der Waals surface area contributed by atoms with Gasteiger partial charge >= 0.3 is 18.4 Å². The molecule has 6 nitrogen and oxygen atoms in total. The second-order valence-electron chi connectivity index (χ2n) is 4.07. The zero-order valence-electron chi connectivity index (χ0n) is 10.2. The molecule has 0 saturated heterocycles. The molecule has 0 saturated carbocycles. The topological polar surface area (TPSA) is 78.9 Å². The van der Waals surface area contributed by atoms with Crippen LogP contribution in [0.4, 0.5) is 0 Å². The molecule has 0 rings (SSSR count). The van der Waals surface area contributed by atoms with Gasteiger partial charge in [-0.3, -0.25) is 0 Å². The SMILES string of the molecule is CC(O[C]=O)OC(=O)/C=C/C(=O)OC(C)(C)C. The lowest BCUT2D eigenvalue weighted by atomic mass is 10.2. The Bertz CT molecular complexity index is 312. The predicted octanol–water partition coefficient (Wildman–Crippen LogP) is 0.857. The van der Waals surface area contributed by atoms with Crippen molar-refractivity contribution in [2.75, 3.05) is 0 Å². The van der Waals surface area contributed by atoms with Crippen molar-refractivity contribution in [2.45, 2.75) is 39.6 Å². The van der Waals surface area contributed by atoms with Crippen LogP contribution >= 0.6 is 0 Å². The molecule has 0 aliphatic rings. The van der Waals surface area contributed by atoms with E-state index in [2.05, 4.69) is 9.47 Å². The van der Waals surface area contributed by atoms with Crippen molar-refractivity contribution >= 4 is 18.4 Å².